The second-order valence-electron chi connectivity index (χ2n) is 5.54. The van der Waals surface area contributed by atoms with E-state index >= 15 is 0 Å². The highest BCUT2D eigenvalue weighted by molar-refractivity contribution is 5.60. The second-order valence-corrected chi connectivity index (χ2v) is 5.54. The van der Waals surface area contributed by atoms with Crippen LogP contribution in [0.2, 0.25) is 0 Å². The predicted octanol–water partition coefficient (Wildman–Crippen LogP) is 2.74. The maximum Gasteiger partial charge on any atom is 0.161 e. The van der Waals surface area contributed by atoms with Gasteiger partial charge in [0.2, 0.25) is 0 Å². The van der Waals surface area contributed by atoms with Gasteiger partial charge in [-0.15, -0.1) is 0 Å². The van der Waals surface area contributed by atoms with Crippen LogP contribution in [0.15, 0.2) is 24.3 Å². The fraction of sp³-hybridized carbons (Fsp3) is 0.412. The molecule has 4 heteroatoms. The molecule has 0 radical (unpaired) electrons. The summed E-state index contributed by atoms with van der Waals surface area (Å²) in [7, 11) is 0. The monoisotopic (exact) mass is 283 g/mol. The van der Waals surface area contributed by atoms with Gasteiger partial charge in [-0.25, -0.2) is 9.97 Å². The van der Waals surface area contributed by atoms with Crippen molar-refractivity contribution in [2.75, 3.05) is 18.5 Å². The lowest BCUT2D eigenvalue weighted by atomic mass is 9.96. The van der Waals surface area contributed by atoms with Crippen LogP contribution in [0.4, 0.5) is 5.82 Å². The maximum absolute atomic E-state index is 9.04. The lowest BCUT2D eigenvalue weighted by Crippen LogP contribution is -2.15. The van der Waals surface area contributed by atoms with Crippen molar-refractivity contribution in [3.05, 3.63) is 41.1 Å². The average Bonchev–Trinajstić information content (AvgIpc) is 2.53. The standard InChI is InChI=1S/C17H21N3O/c1-12-6-8-13(9-7-12)16-19-15-5-3-2-4-14(15)17(20-16)18-10-11-21/h6-9,21H,2-5,10-11H2,1H3,(H,18,19,20). The number of hydrogen-bond donors (Lipinski definition) is 2. The summed E-state index contributed by atoms with van der Waals surface area (Å²) in [5, 5.41) is 12.3. The van der Waals surface area contributed by atoms with Crippen molar-refractivity contribution in [1.82, 2.24) is 9.97 Å². The van der Waals surface area contributed by atoms with Gasteiger partial charge < -0.3 is 10.4 Å². The highest BCUT2D eigenvalue weighted by Crippen LogP contribution is 2.28. The van der Waals surface area contributed by atoms with Crippen LogP contribution < -0.4 is 5.32 Å². The van der Waals surface area contributed by atoms with Gasteiger partial charge in [0.25, 0.3) is 0 Å². The van der Waals surface area contributed by atoms with Gasteiger partial charge in [-0.3, -0.25) is 0 Å². The summed E-state index contributed by atoms with van der Waals surface area (Å²) in [4.78, 5) is 9.46. The predicted molar refractivity (Wildman–Crippen MR) is 84.4 cm³/mol. The molecule has 1 aromatic heterocycles. The van der Waals surface area contributed by atoms with Crippen molar-refractivity contribution >= 4 is 5.82 Å². The minimum atomic E-state index is 0.110. The number of nitrogens with zero attached hydrogens (tertiary/aromatic N) is 2. The van der Waals surface area contributed by atoms with Crippen molar-refractivity contribution in [2.24, 2.45) is 0 Å². The van der Waals surface area contributed by atoms with Gasteiger partial charge in [-0.1, -0.05) is 29.8 Å². The number of aliphatic hydroxyl groups is 1. The first-order valence-corrected chi connectivity index (χ1v) is 7.59. The molecule has 0 spiro atoms. The van der Waals surface area contributed by atoms with Crippen molar-refractivity contribution in [3.63, 3.8) is 0 Å². The van der Waals surface area contributed by atoms with Crippen LogP contribution in [0.5, 0.6) is 0 Å². The quantitative estimate of drug-likeness (QED) is 0.906. The Bertz CT molecular complexity index is 623. The van der Waals surface area contributed by atoms with E-state index < -0.39 is 0 Å². The SMILES string of the molecule is Cc1ccc(-c2nc3c(c(NCCO)n2)CCCC3)cc1. The first kappa shape index (κ1) is 14.0. The molecular formula is C17H21N3O. The molecule has 0 amide bonds. The Morgan fingerprint density at radius 2 is 1.86 bits per heavy atom. The maximum atomic E-state index is 9.04. The van der Waals surface area contributed by atoms with Gasteiger partial charge in [-0.05, 0) is 32.6 Å². The van der Waals surface area contributed by atoms with Crippen LogP contribution in [-0.2, 0) is 12.8 Å². The lowest BCUT2D eigenvalue weighted by molar-refractivity contribution is 0.311. The van der Waals surface area contributed by atoms with E-state index in [-0.39, 0.29) is 6.61 Å². The largest absolute Gasteiger partial charge is 0.395 e. The molecule has 1 aromatic carbocycles. The zero-order valence-corrected chi connectivity index (χ0v) is 12.4. The summed E-state index contributed by atoms with van der Waals surface area (Å²) < 4.78 is 0. The number of fused-ring (bicyclic) bond motifs is 1. The molecule has 0 fully saturated rings. The third-order valence-electron chi connectivity index (χ3n) is 3.90. The molecule has 0 saturated heterocycles. The number of anilines is 1. The summed E-state index contributed by atoms with van der Waals surface area (Å²) in [6, 6.07) is 8.29. The van der Waals surface area contributed by atoms with E-state index in [0.717, 1.165) is 35.7 Å². The van der Waals surface area contributed by atoms with Gasteiger partial charge in [0.05, 0.1) is 6.61 Å². The highest BCUT2D eigenvalue weighted by atomic mass is 16.3. The summed E-state index contributed by atoms with van der Waals surface area (Å²) >= 11 is 0. The lowest BCUT2D eigenvalue weighted by Gasteiger charge is -2.19. The third-order valence-corrected chi connectivity index (χ3v) is 3.90. The van der Waals surface area contributed by atoms with Crippen LogP contribution in [0.25, 0.3) is 11.4 Å². The Morgan fingerprint density at radius 1 is 1.10 bits per heavy atom. The number of aromatic nitrogens is 2. The Hall–Kier alpha value is -1.94. The summed E-state index contributed by atoms with van der Waals surface area (Å²) in [5.41, 5.74) is 4.66. The van der Waals surface area contributed by atoms with E-state index in [1.54, 1.807) is 0 Å². The van der Waals surface area contributed by atoms with Crippen LogP contribution in [0.1, 0.15) is 29.7 Å². The Labute approximate surface area is 125 Å². The van der Waals surface area contributed by atoms with E-state index in [1.807, 2.05) is 0 Å². The van der Waals surface area contributed by atoms with Crippen LogP contribution in [0, 0.1) is 6.92 Å². The molecule has 1 heterocycles. The zero-order valence-electron chi connectivity index (χ0n) is 12.4. The summed E-state index contributed by atoms with van der Waals surface area (Å²) in [6.07, 6.45) is 4.42. The molecule has 1 aliphatic rings. The molecule has 4 nitrogen and oxygen atoms in total. The fourth-order valence-electron chi connectivity index (χ4n) is 2.75. The number of rotatable bonds is 4. The molecule has 1 aliphatic carbocycles. The van der Waals surface area contributed by atoms with Crippen LogP contribution >= 0.6 is 0 Å². The molecule has 0 saturated carbocycles. The number of aryl methyl sites for hydroxylation is 2. The first-order valence-electron chi connectivity index (χ1n) is 7.59. The van der Waals surface area contributed by atoms with Gasteiger partial charge in [0.15, 0.2) is 5.82 Å². The van der Waals surface area contributed by atoms with Crippen molar-refractivity contribution in [2.45, 2.75) is 32.6 Å². The zero-order chi connectivity index (χ0) is 14.7. The van der Waals surface area contributed by atoms with Crippen molar-refractivity contribution in [1.29, 1.82) is 0 Å². The fourth-order valence-corrected chi connectivity index (χ4v) is 2.75. The topological polar surface area (TPSA) is 58.0 Å². The van der Waals surface area contributed by atoms with E-state index in [2.05, 4.69) is 36.5 Å². The average molecular weight is 283 g/mol. The summed E-state index contributed by atoms with van der Waals surface area (Å²) in [6.45, 7) is 2.71. The molecular weight excluding hydrogens is 262 g/mol. The molecule has 0 atom stereocenters. The minimum absolute atomic E-state index is 0.110. The van der Waals surface area contributed by atoms with E-state index in [4.69, 9.17) is 15.1 Å². The van der Waals surface area contributed by atoms with Gasteiger partial charge in [-0.2, -0.15) is 0 Å². The molecule has 2 N–H and O–H groups in total. The normalized spacial score (nSPS) is 13.8. The second kappa shape index (κ2) is 6.22. The Morgan fingerprint density at radius 3 is 2.62 bits per heavy atom. The van der Waals surface area contributed by atoms with Gasteiger partial charge in [0, 0.05) is 23.4 Å². The van der Waals surface area contributed by atoms with Crippen molar-refractivity contribution in [3.8, 4) is 11.4 Å². The molecule has 0 bridgehead atoms. The van der Waals surface area contributed by atoms with Crippen LogP contribution in [0.3, 0.4) is 0 Å². The Balaban J connectivity index is 2.02. The van der Waals surface area contributed by atoms with E-state index in [9.17, 15) is 0 Å². The smallest absolute Gasteiger partial charge is 0.161 e. The van der Waals surface area contributed by atoms with Crippen LogP contribution in [-0.4, -0.2) is 28.2 Å². The number of hydrogen-bond acceptors (Lipinski definition) is 4. The van der Waals surface area contributed by atoms with Gasteiger partial charge in [0.1, 0.15) is 5.82 Å². The van der Waals surface area contributed by atoms with E-state index in [1.165, 1.54) is 24.0 Å². The number of nitrogens with one attached hydrogen (secondary N) is 1. The van der Waals surface area contributed by atoms with Crippen molar-refractivity contribution < 1.29 is 5.11 Å². The molecule has 2 aromatic rings. The minimum Gasteiger partial charge on any atom is -0.395 e. The highest BCUT2D eigenvalue weighted by Gasteiger charge is 2.18. The number of aliphatic hydroxyl groups excluding tert-OH is 1. The number of benzene rings is 1. The molecule has 21 heavy (non-hydrogen) atoms. The summed E-state index contributed by atoms with van der Waals surface area (Å²) in [5.74, 6) is 1.67. The Kier molecular flexibility index (Phi) is 4.15. The molecule has 110 valence electrons. The molecule has 0 aliphatic heterocycles. The molecule has 3 rings (SSSR count). The van der Waals surface area contributed by atoms with Gasteiger partial charge >= 0.3 is 0 Å². The molecule has 0 unspecified atom stereocenters. The third kappa shape index (κ3) is 3.05. The van der Waals surface area contributed by atoms with E-state index in [0.29, 0.717) is 6.54 Å². The first-order chi connectivity index (χ1) is 10.3.